The van der Waals surface area contributed by atoms with E-state index in [-0.39, 0.29) is 30.2 Å². The van der Waals surface area contributed by atoms with Crippen LogP contribution in [-0.4, -0.2) is 43.8 Å². The van der Waals surface area contributed by atoms with Gasteiger partial charge >= 0.3 is 6.18 Å². The Balaban J connectivity index is 1.15. The van der Waals surface area contributed by atoms with E-state index < -0.39 is 17.3 Å². The molecule has 1 aliphatic heterocycles. The van der Waals surface area contributed by atoms with Gasteiger partial charge in [0, 0.05) is 42.8 Å². The lowest BCUT2D eigenvalue weighted by Crippen LogP contribution is -2.49. The van der Waals surface area contributed by atoms with E-state index >= 15 is 0 Å². The molecule has 2 heterocycles. The number of alkyl halides is 3. The van der Waals surface area contributed by atoms with Gasteiger partial charge in [0.05, 0.1) is 29.1 Å². The summed E-state index contributed by atoms with van der Waals surface area (Å²) in [6.45, 7) is 1.01. The van der Waals surface area contributed by atoms with Crippen molar-refractivity contribution in [2.75, 3.05) is 13.1 Å². The normalized spacial score (nSPS) is 18.2. The minimum atomic E-state index is -4.38. The smallest absolute Gasteiger partial charge is 0.416 e. The van der Waals surface area contributed by atoms with Crippen molar-refractivity contribution in [3.8, 4) is 11.4 Å². The van der Waals surface area contributed by atoms with Crippen molar-refractivity contribution in [3.63, 3.8) is 0 Å². The summed E-state index contributed by atoms with van der Waals surface area (Å²) in [6, 6.07) is 11.8. The highest BCUT2D eigenvalue weighted by Crippen LogP contribution is 2.42. The summed E-state index contributed by atoms with van der Waals surface area (Å²) in [5.74, 6) is -0.0344. The summed E-state index contributed by atoms with van der Waals surface area (Å²) >= 11 is 1.60. The molecule has 1 amide bonds. The van der Waals surface area contributed by atoms with Gasteiger partial charge in [0.25, 0.3) is 5.56 Å². The maximum atomic E-state index is 13.8. The Morgan fingerprint density at radius 3 is 2.50 bits per heavy atom. The Labute approximate surface area is 246 Å². The van der Waals surface area contributed by atoms with Crippen LogP contribution >= 0.6 is 11.8 Å². The lowest BCUT2D eigenvalue weighted by Gasteiger charge is -2.43. The van der Waals surface area contributed by atoms with E-state index in [1.807, 2.05) is 0 Å². The number of carbonyl (C=O) groups excluding carboxylic acids is 1. The highest BCUT2D eigenvalue weighted by molar-refractivity contribution is 7.99. The average molecular weight is 599 g/mol. The number of aromatic hydroxyl groups is 1. The van der Waals surface area contributed by atoms with E-state index in [4.69, 9.17) is 4.98 Å². The molecule has 2 N–H and O–H groups in total. The minimum Gasteiger partial charge on any atom is -0.508 e. The zero-order valence-electron chi connectivity index (χ0n) is 23.1. The van der Waals surface area contributed by atoms with Gasteiger partial charge in [0.1, 0.15) is 5.75 Å². The summed E-state index contributed by atoms with van der Waals surface area (Å²) in [5.41, 5.74) is 1.23. The van der Waals surface area contributed by atoms with Gasteiger partial charge in [-0.3, -0.25) is 14.2 Å². The van der Waals surface area contributed by atoms with E-state index in [1.165, 1.54) is 12.1 Å². The number of carbonyl (C=O) groups is 1. The molecule has 0 radical (unpaired) electrons. The number of nitrogens with one attached hydrogen (secondary N) is 1. The van der Waals surface area contributed by atoms with E-state index in [2.05, 4.69) is 5.32 Å². The van der Waals surface area contributed by atoms with E-state index in [9.17, 15) is 27.9 Å². The SMILES string of the molecule is O=C(CCNC1(c2ccc(C(F)(F)F)cc2)CCC1)N1CCc2nc(SC3CCC3)n(-c3cccc(O)c3)c(=O)c2C1. The van der Waals surface area contributed by atoms with Crippen LogP contribution in [0.1, 0.15) is 67.3 Å². The van der Waals surface area contributed by atoms with E-state index in [0.29, 0.717) is 41.2 Å². The highest BCUT2D eigenvalue weighted by Gasteiger charge is 2.39. The third-order valence-electron chi connectivity index (χ3n) is 8.74. The van der Waals surface area contributed by atoms with Gasteiger partial charge in [-0.2, -0.15) is 13.2 Å². The third-order valence-corrected chi connectivity index (χ3v) is 10.0. The van der Waals surface area contributed by atoms with Gasteiger partial charge in [0.2, 0.25) is 5.91 Å². The predicted molar refractivity (Wildman–Crippen MR) is 154 cm³/mol. The number of benzene rings is 2. The van der Waals surface area contributed by atoms with E-state index in [1.54, 1.807) is 45.5 Å². The second-order valence-electron chi connectivity index (χ2n) is 11.4. The number of thioether (sulfide) groups is 1. The van der Waals surface area contributed by atoms with Crippen LogP contribution in [0.25, 0.3) is 5.69 Å². The van der Waals surface area contributed by atoms with Crippen LogP contribution < -0.4 is 10.9 Å². The summed E-state index contributed by atoms with van der Waals surface area (Å²) < 4.78 is 40.6. The molecule has 1 aromatic heterocycles. The monoisotopic (exact) mass is 598 g/mol. The maximum absolute atomic E-state index is 13.8. The number of hydrogen-bond donors (Lipinski definition) is 2. The number of rotatable bonds is 8. The first-order chi connectivity index (χ1) is 20.1. The molecule has 7 nitrogen and oxygen atoms in total. The summed E-state index contributed by atoms with van der Waals surface area (Å²) in [4.78, 5) is 33.7. The van der Waals surface area contributed by atoms with Gasteiger partial charge in [-0.05, 0) is 61.9 Å². The Bertz CT molecular complexity index is 1530. The Kier molecular flexibility index (Phi) is 7.82. The molecule has 0 spiro atoms. The van der Waals surface area contributed by atoms with Crippen LogP contribution in [0, 0.1) is 0 Å². The first-order valence-electron chi connectivity index (χ1n) is 14.4. The van der Waals surface area contributed by atoms with Gasteiger partial charge in [0.15, 0.2) is 5.16 Å². The van der Waals surface area contributed by atoms with Gasteiger partial charge < -0.3 is 15.3 Å². The topological polar surface area (TPSA) is 87.5 Å². The molecule has 0 unspecified atom stereocenters. The predicted octanol–water partition coefficient (Wildman–Crippen LogP) is 5.55. The fourth-order valence-electron chi connectivity index (χ4n) is 5.89. The third kappa shape index (κ3) is 5.68. The van der Waals surface area contributed by atoms with Crippen molar-refractivity contribution < 1.29 is 23.1 Å². The average Bonchev–Trinajstić information content (AvgIpc) is 2.91. The molecule has 0 bridgehead atoms. The molecule has 3 aromatic rings. The second-order valence-corrected chi connectivity index (χ2v) is 12.7. The molecule has 2 aliphatic carbocycles. The fraction of sp³-hybridized carbons (Fsp3) is 0.452. The maximum Gasteiger partial charge on any atom is 0.416 e. The lowest BCUT2D eigenvalue weighted by molar-refractivity contribution is -0.137. The molecular weight excluding hydrogens is 565 g/mol. The lowest BCUT2D eigenvalue weighted by atomic mass is 9.71. The van der Waals surface area contributed by atoms with Crippen molar-refractivity contribution >= 4 is 17.7 Å². The van der Waals surface area contributed by atoms with Crippen LogP contribution in [0.5, 0.6) is 5.75 Å². The molecule has 3 aliphatic rings. The molecule has 0 atom stereocenters. The number of hydrogen-bond acceptors (Lipinski definition) is 6. The first kappa shape index (κ1) is 28.8. The zero-order chi connectivity index (χ0) is 29.5. The first-order valence-corrected chi connectivity index (χ1v) is 15.3. The zero-order valence-corrected chi connectivity index (χ0v) is 23.9. The van der Waals surface area contributed by atoms with Crippen molar-refractivity contribution in [1.82, 2.24) is 19.8 Å². The number of amides is 1. The Hall–Kier alpha value is -3.31. The number of fused-ring (bicyclic) bond motifs is 1. The van der Waals surface area contributed by atoms with Crippen LogP contribution in [0.3, 0.4) is 0 Å². The molecule has 2 aromatic carbocycles. The highest BCUT2D eigenvalue weighted by atomic mass is 32.2. The fourth-order valence-corrected chi connectivity index (χ4v) is 7.21. The summed E-state index contributed by atoms with van der Waals surface area (Å²) in [5, 5.41) is 14.6. The number of aromatic nitrogens is 2. The van der Waals surface area contributed by atoms with Gasteiger partial charge in [-0.1, -0.05) is 36.4 Å². The van der Waals surface area contributed by atoms with Crippen molar-refractivity contribution in [2.24, 2.45) is 0 Å². The molecule has 2 fully saturated rings. The van der Waals surface area contributed by atoms with Crippen LogP contribution in [-0.2, 0) is 29.5 Å². The van der Waals surface area contributed by atoms with Crippen molar-refractivity contribution in [1.29, 1.82) is 0 Å². The van der Waals surface area contributed by atoms with E-state index in [0.717, 1.165) is 61.9 Å². The number of nitrogens with zero attached hydrogens (tertiary/aromatic N) is 3. The number of phenolic OH excluding ortho intramolecular Hbond substituents is 1. The quantitative estimate of drug-likeness (QED) is 0.331. The molecule has 6 rings (SSSR count). The Morgan fingerprint density at radius 2 is 1.88 bits per heavy atom. The standard InChI is InChI=1S/C31H33F3N4O3S/c32-31(33,34)21-10-8-20(9-11-21)30(14-3-15-30)35-16-12-27(40)37-17-13-26-25(19-37)28(41)38(22-4-1-5-23(39)18-22)29(36-26)42-24-6-2-7-24/h1,4-5,8-11,18,24,35,39H,2-3,6-7,12-17,19H2. The van der Waals surface area contributed by atoms with Crippen LogP contribution in [0.4, 0.5) is 13.2 Å². The molecule has 11 heteroatoms. The van der Waals surface area contributed by atoms with Crippen LogP contribution in [0.15, 0.2) is 58.5 Å². The summed E-state index contributed by atoms with van der Waals surface area (Å²) in [7, 11) is 0. The van der Waals surface area contributed by atoms with Gasteiger partial charge in [-0.15, -0.1) is 0 Å². The largest absolute Gasteiger partial charge is 0.508 e. The minimum absolute atomic E-state index is 0.0570. The number of halogens is 3. The molecule has 42 heavy (non-hydrogen) atoms. The summed E-state index contributed by atoms with van der Waals surface area (Å²) in [6.07, 6.45) is 2.19. The molecule has 222 valence electrons. The molecular formula is C31H33F3N4O3S. The molecule has 2 saturated carbocycles. The van der Waals surface area contributed by atoms with Crippen molar-refractivity contribution in [2.45, 2.75) is 80.0 Å². The van der Waals surface area contributed by atoms with Gasteiger partial charge in [-0.25, -0.2) is 4.98 Å². The van der Waals surface area contributed by atoms with Crippen molar-refractivity contribution in [3.05, 3.63) is 81.3 Å². The Morgan fingerprint density at radius 1 is 1.12 bits per heavy atom. The number of phenols is 1. The second kappa shape index (κ2) is 11.4. The molecule has 0 saturated heterocycles. The van der Waals surface area contributed by atoms with Crippen LogP contribution in [0.2, 0.25) is 0 Å².